The van der Waals surface area contributed by atoms with Gasteiger partial charge in [0, 0.05) is 19.2 Å². The number of rotatable bonds is 6. The van der Waals surface area contributed by atoms with Crippen molar-refractivity contribution < 1.29 is 19.4 Å². The van der Waals surface area contributed by atoms with E-state index >= 15 is 0 Å². The molecule has 1 aliphatic heterocycles. The van der Waals surface area contributed by atoms with Gasteiger partial charge in [0.1, 0.15) is 11.4 Å². The Kier molecular flexibility index (Phi) is 5.28. The number of carbonyl (C=O) groups is 2. The van der Waals surface area contributed by atoms with Gasteiger partial charge in [0.05, 0.1) is 25.0 Å². The number of ether oxygens (including phenoxy) is 1. The largest absolute Gasteiger partial charge is 0.496 e. The average Bonchev–Trinajstić information content (AvgIpc) is 2.92. The topological polar surface area (TPSA) is 70.1 Å². The number of likely N-dealkylation sites (N-methyl/N-ethyl adjacent to an activating group) is 1. The van der Waals surface area contributed by atoms with Gasteiger partial charge in [-0.15, -0.1) is 0 Å². The fraction of sp³-hybridized carbons (Fsp3) is 0.238. The molecule has 6 heteroatoms. The fourth-order valence-electron chi connectivity index (χ4n) is 3.23. The van der Waals surface area contributed by atoms with Crippen molar-refractivity contribution in [1.29, 1.82) is 0 Å². The molecule has 0 spiro atoms. The van der Waals surface area contributed by atoms with Crippen molar-refractivity contribution in [3.8, 4) is 5.75 Å². The predicted molar refractivity (Wildman–Crippen MR) is 103 cm³/mol. The standard InChI is InChI=1S/C21H22N2O4/c1-14-7-6-8-15(13-14)23-20(25)18(16-9-4-5-10-17(16)27-3)19(21(23)26)22(2)11-12-24/h4-10,13,24H,11-12H2,1-3H3. The zero-order chi connectivity index (χ0) is 19.6. The van der Waals surface area contributed by atoms with E-state index in [1.54, 1.807) is 48.3 Å². The van der Waals surface area contributed by atoms with E-state index in [0.717, 1.165) is 5.56 Å². The normalized spacial score (nSPS) is 14.1. The van der Waals surface area contributed by atoms with Gasteiger partial charge in [0.25, 0.3) is 11.8 Å². The molecule has 2 aromatic rings. The summed E-state index contributed by atoms with van der Waals surface area (Å²) in [6, 6.07) is 14.3. The van der Waals surface area contributed by atoms with Gasteiger partial charge in [-0.2, -0.15) is 0 Å². The second-order valence-electron chi connectivity index (χ2n) is 6.35. The van der Waals surface area contributed by atoms with Gasteiger partial charge in [0.15, 0.2) is 0 Å². The molecule has 0 saturated heterocycles. The highest BCUT2D eigenvalue weighted by atomic mass is 16.5. The van der Waals surface area contributed by atoms with Gasteiger partial charge < -0.3 is 14.7 Å². The number of imide groups is 1. The van der Waals surface area contributed by atoms with Gasteiger partial charge in [-0.3, -0.25) is 9.59 Å². The van der Waals surface area contributed by atoms with Gasteiger partial charge in [0.2, 0.25) is 0 Å². The summed E-state index contributed by atoms with van der Waals surface area (Å²) < 4.78 is 5.41. The second kappa shape index (κ2) is 7.63. The summed E-state index contributed by atoms with van der Waals surface area (Å²) in [5.74, 6) is -0.313. The van der Waals surface area contributed by atoms with Gasteiger partial charge in [-0.1, -0.05) is 30.3 Å². The van der Waals surface area contributed by atoms with Crippen molar-refractivity contribution in [3.63, 3.8) is 0 Å². The summed E-state index contributed by atoms with van der Waals surface area (Å²) in [6.45, 7) is 2.00. The maximum absolute atomic E-state index is 13.3. The maximum Gasteiger partial charge on any atom is 0.282 e. The monoisotopic (exact) mass is 366 g/mol. The third-order valence-corrected chi connectivity index (χ3v) is 4.51. The second-order valence-corrected chi connectivity index (χ2v) is 6.35. The van der Waals surface area contributed by atoms with Crippen molar-refractivity contribution in [1.82, 2.24) is 4.90 Å². The van der Waals surface area contributed by atoms with Crippen LogP contribution in [0.1, 0.15) is 11.1 Å². The molecule has 0 atom stereocenters. The van der Waals surface area contributed by atoms with Crippen molar-refractivity contribution >= 4 is 23.1 Å². The molecule has 2 amide bonds. The number of hydrogen-bond acceptors (Lipinski definition) is 5. The highest BCUT2D eigenvalue weighted by Crippen LogP contribution is 2.37. The first-order chi connectivity index (χ1) is 13.0. The van der Waals surface area contributed by atoms with Crippen LogP contribution in [0.3, 0.4) is 0 Å². The summed E-state index contributed by atoms with van der Waals surface area (Å²) >= 11 is 0. The first-order valence-electron chi connectivity index (χ1n) is 8.64. The third-order valence-electron chi connectivity index (χ3n) is 4.51. The number of benzene rings is 2. The molecule has 0 fully saturated rings. The van der Waals surface area contributed by atoms with Crippen LogP contribution in [-0.2, 0) is 9.59 Å². The minimum absolute atomic E-state index is 0.134. The summed E-state index contributed by atoms with van der Waals surface area (Å²) in [5, 5.41) is 9.33. The first-order valence-corrected chi connectivity index (χ1v) is 8.64. The Bertz CT molecular complexity index is 920. The Hall–Kier alpha value is -3.12. The molecular weight excluding hydrogens is 344 g/mol. The van der Waals surface area contributed by atoms with Crippen molar-refractivity contribution in [3.05, 3.63) is 65.4 Å². The number of aliphatic hydroxyl groups is 1. The quantitative estimate of drug-likeness (QED) is 0.794. The van der Waals surface area contributed by atoms with Crippen LogP contribution in [-0.4, -0.2) is 49.1 Å². The van der Waals surface area contributed by atoms with Crippen LogP contribution in [0, 0.1) is 6.92 Å². The van der Waals surface area contributed by atoms with Crippen molar-refractivity contribution in [2.24, 2.45) is 0 Å². The number of nitrogens with zero attached hydrogens (tertiary/aromatic N) is 2. The summed E-state index contributed by atoms with van der Waals surface area (Å²) in [6.07, 6.45) is 0. The SMILES string of the molecule is COc1ccccc1C1=C(N(C)CCO)C(=O)N(c2cccc(C)c2)C1=O. The van der Waals surface area contributed by atoms with Gasteiger partial charge in [-0.25, -0.2) is 4.90 Å². The zero-order valence-electron chi connectivity index (χ0n) is 15.6. The molecule has 1 N–H and O–H groups in total. The lowest BCUT2D eigenvalue weighted by Gasteiger charge is -2.20. The molecule has 1 aliphatic rings. The Labute approximate surface area is 158 Å². The minimum atomic E-state index is -0.414. The molecule has 140 valence electrons. The number of hydrogen-bond donors (Lipinski definition) is 1. The van der Waals surface area contributed by atoms with Crippen LogP contribution in [0.4, 0.5) is 5.69 Å². The summed E-state index contributed by atoms with van der Waals surface area (Å²) in [5.41, 5.74) is 2.54. The van der Waals surface area contributed by atoms with Crippen LogP contribution in [0.5, 0.6) is 5.75 Å². The Morgan fingerprint density at radius 1 is 1.07 bits per heavy atom. The lowest BCUT2D eigenvalue weighted by atomic mass is 10.0. The number of para-hydroxylation sites is 1. The number of aliphatic hydroxyl groups excluding tert-OH is 1. The smallest absolute Gasteiger partial charge is 0.282 e. The number of amides is 2. The van der Waals surface area contributed by atoms with Crippen LogP contribution in [0.2, 0.25) is 0 Å². The maximum atomic E-state index is 13.3. The zero-order valence-corrected chi connectivity index (χ0v) is 15.6. The van der Waals surface area contributed by atoms with E-state index in [-0.39, 0.29) is 24.4 Å². The Morgan fingerprint density at radius 3 is 2.48 bits per heavy atom. The molecule has 6 nitrogen and oxygen atoms in total. The van der Waals surface area contributed by atoms with Crippen LogP contribution < -0.4 is 9.64 Å². The fourth-order valence-corrected chi connectivity index (χ4v) is 3.23. The highest BCUT2D eigenvalue weighted by Gasteiger charge is 2.42. The first kappa shape index (κ1) is 18.7. The predicted octanol–water partition coefficient (Wildman–Crippen LogP) is 2.21. The molecule has 0 unspecified atom stereocenters. The number of carbonyl (C=O) groups excluding carboxylic acids is 2. The van der Waals surface area contributed by atoms with Crippen molar-refractivity contribution in [2.45, 2.75) is 6.92 Å². The Morgan fingerprint density at radius 2 is 1.81 bits per heavy atom. The molecule has 2 aromatic carbocycles. The van der Waals surface area contributed by atoms with E-state index in [4.69, 9.17) is 4.74 Å². The molecule has 27 heavy (non-hydrogen) atoms. The molecule has 0 aliphatic carbocycles. The van der Waals surface area contributed by atoms with E-state index in [0.29, 0.717) is 17.0 Å². The van der Waals surface area contributed by atoms with Crippen LogP contribution >= 0.6 is 0 Å². The average molecular weight is 366 g/mol. The third kappa shape index (κ3) is 3.31. The molecule has 1 heterocycles. The molecule has 0 aromatic heterocycles. The van der Waals surface area contributed by atoms with Gasteiger partial charge >= 0.3 is 0 Å². The number of anilines is 1. The molecule has 3 rings (SSSR count). The highest BCUT2D eigenvalue weighted by molar-refractivity contribution is 6.45. The molecule has 0 radical (unpaired) electrons. The van der Waals surface area contributed by atoms with Crippen LogP contribution in [0.15, 0.2) is 54.2 Å². The van der Waals surface area contributed by atoms with E-state index in [2.05, 4.69) is 0 Å². The van der Waals surface area contributed by atoms with E-state index in [1.807, 2.05) is 19.1 Å². The van der Waals surface area contributed by atoms with Crippen LogP contribution in [0.25, 0.3) is 5.57 Å². The van der Waals surface area contributed by atoms with E-state index in [9.17, 15) is 14.7 Å². The number of aryl methyl sites for hydroxylation is 1. The minimum Gasteiger partial charge on any atom is -0.496 e. The van der Waals surface area contributed by atoms with Gasteiger partial charge in [-0.05, 0) is 30.7 Å². The Balaban J connectivity index is 2.18. The van der Waals surface area contributed by atoms with Crippen molar-refractivity contribution in [2.75, 3.05) is 32.2 Å². The van der Waals surface area contributed by atoms with E-state index in [1.165, 1.54) is 12.0 Å². The number of methoxy groups -OCH3 is 1. The molecule has 0 saturated carbocycles. The summed E-state index contributed by atoms with van der Waals surface area (Å²) in [7, 11) is 3.21. The lowest BCUT2D eigenvalue weighted by Crippen LogP contribution is -2.34. The lowest BCUT2D eigenvalue weighted by molar-refractivity contribution is -0.120. The molecular formula is C21H22N2O4. The summed E-state index contributed by atoms with van der Waals surface area (Å²) in [4.78, 5) is 29.3. The molecule has 0 bridgehead atoms. The van der Waals surface area contributed by atoms with E-state index < -0.39 is 11.8 Å².